The number of thioether (sulfide) groups is 3. The van der Waals surface area contributed by atoms with Crippen LogP contribution in [-0.4, -0.2) is 121 Å². The second-order valence-electron chi connectivity index (χ2n) is 38.6. The Bertz CT molecular complexity index is 5510. The molecule has 0 atom stereocenters. The van der Waals surface area contributed by atoms with Crippen molar-refractivity contribution in [3.63, 3.8) is 0 Å². The van der Waals surface area contributed by atoms with Gasteiger partial charge in [0, 0.05) is 109 Å². The molecular weight excluding hydrogens is 2200 g/mol. The normalized spacial score (nSPS) is 22.4. The first-order valence-corrected chi connectivity index (χ1v) is 59.0. The highest BCUT2D eigenvalue weighted by Crippen LogP contribution is 2.47. The number of aromatic amines is 2. The number of nitrogens with zero attached hydrogens (tertiary/aromatic N) is 7. The first-order chi connectivity index (χ1) is 69.6. The van der Waals surface area contributed by atoms with E-state index in [1.807, 2.05) is 108 Å². The number of aromatic nitrogens is 9. The van der Waals surface area contributed by atoms with Gasteiger partial charge >= 0.3 is 17.9 Å². The third-order valence-electron chi connectivity index (χ3n) is 28.0. The maximum Gasteiger partial charge on any atom is 0.360 e. The number of carbonyl (C=O) groups is 3. The Morgan fingerprint density at radius 3 is 0.910 bits per heavy atom. The molecular formula is C110H127Cl14N9O8S4. The van der Waals surface area contributed by atoms with Crippen molar-refractivity contribution in [2.24, 2.45) is 11.8 Å². The zero-order valence-corrected chi connectivity index (χ0v) is 95.9. The fourth-order valence-electron chi connectivity index (χ4n) is 20.1. The Morgan fingerprint density at radius 2 is 0.621 bits per heavy atom. The van der Waals surface area contributed by atoms with Crippen LogP contribution in [0.4, 0.5) is 0 Å². The van der Waals surface area contributed by atoms with Gasteiger partial charge in [0.25, 0.3) is 0 Å². The van der Waals surface area contributed by atoms with Crippen LogP contribution in [0.1, 0.15) is 342 Å². The number of aromatic carboxylic acids is 1. The van der Waals surface area contributed by atoms with Crippen LogP contribution in [0.25, 0.3) is 0 Å². The highest BCUT2D eigenvalue weighted by molar-refractivity contribution is 7.99. The minimum Gasteiger partial charge on any atom is -0.497 e. The first-order valence-electron chi connectivity index (χ1n) is 50.0. The summed E-state index contributed by atoms with van der Waals surface area (Å²) in [6.45, 7) is 9.39. The van der Waals surface area contributed by atoms with E-state index in [1.165, 1.54) is 116 Å². The number of methoxy groups -OCH3 is 1. The number of halogens is 14. The molecule has 7 fully saturated rings. The number of benzene rings is 8. The van der Waals surface area contributed by atoms with E-state index >= 15 is 0 Å². The molecule has 3 heterocycles. The van der Waals surface area contributed by atoms with E-state index in [9.17, 15) is 19.5 Å². The number of aliphatic hydroxyl groups excluding tert-OH is 1. The van der Waals surface area contributed by atoms with Crippen molar-refractivity contribution in [2.45, 2.75) is 300 Å². The summed E-state index contributed by atoms with van der Waals surface area (Å²) in [5, 5.41) is 59.7. The van der Waals surface area contributed by atoms with Gasteiger partial charge in [-0.2, -0.15) is 68.5 Å². The van der Waals surface area contributed by atoms with Gasteiger partial charge in [-0.15, -0.1) is 15.3 Å². The number of carboxylic acids is 1. The highest BCUT2D eigenvalue weighted by Gasteiger charge is 2.33. The number of H-pyrrole nitrogens is 2. The number of rotatable bonds is 24. The molecule has 7 saturated carbocycles. The number of ether oxygens (including phenoxy) is 3. The number of aliphatic hydroxyl groups is 1. The van der Waals surface area contributed by atoms with Crippen molar-refractivity contribution >= 4 is 228 Å². The van der Waals surface area contributed by atoms with Gasteiger partial charge in [-0.05, 0) is 405 Å². The highest BCUT2D eigenvalue weighted by atomic mass is 35.5. The molecule has 0 spiro atoms. The van der Waals surface area contributed by atoms with Gasteiger partial charge in [0.05, 0.1) is 38.7 Å². The van der Waals surface area contributed by atoms with Gasteiger partial charge < -0.3 is 24.4 Å². The van der Waals surface area contributed by atoms with Crippen LogP contribution >= 0.6 is 210 Å². The lowest BCUT2D eigenvalue weighted by Crippen LogP contribution is -2.17. The predicted octanol–water partition coefficient (Wildman–Crippen LogP) is 36.3. The average molecular weight is 2330 g/mol. The molecule has 8 aromatic carbocycles. The smallest absolute Gasteiger partial charge is 0.360 e. The summed E-state index contributed by atoms with van der Waals surface area (Å²) >= 11 is 94.8. The summed E-state index contributed by atoms with van der Waals surface area (Å²) in [5.41, 5.74) is 12.4. The summed E-state index contributed by atoms with van der Waals surface area (Å²) in [5.74, 6) is 6.46. The third kappa shape index (κ3) is 38.8. The topological polar surface area (TPSA) is 233 Å². The molecule has 7 aliphatic carbocycles. The second kappa shape index (κ2) is 60.5. The molecule has 145 heavy (non-hydrogen) atoms. The summed E-state index contributed by atoms with van der Waals surface area (Å²) in [7, 11) is 1.64. The molecule has 0 saturated heterocycles. The molecule has 17 nitrogen and oxygen atoms in total. The van der Waals surface area contributed by atoms with E-state index in [2.05, 4.69) is 91.9 Å². The Morgan fingerprint density at radius 1 is 0.359 bits per heavy atom. The van der Waals surface area contributed by atoms with Crippen LogP contribution in [0.15, 0.2) is 152 Å². The Hall–Kier alpha value is -5.19. The van der Waals surface area contributed by atoms with E-state index in [4.69, 9.17) is 182 Å². The molecule has 35 heteroatoms. The monoisotopic (exact) mass is 2320 g/mol. The van der Waals surface area contributed by atoms with E-state index in [0.717, 1.165) is 162 Å². The number of thiol groups is 1. The van der Waals surface area contributed by atoms with Gasteiger partial charge in [-0.3, -0.25) is 0 Å². The van der Waals surface area contributed by atoms with E-state index in [1.54, 1.807) is 79.9 Å². The van der Waals surface area contributed by atoms with Crippen LogP contribution in [0.5, 0.6) is 5.75 Å². The minimum atomic E-state index is -1.04. The van der Waals surface area contributed by atoms with Crippen LogP contribution in [0.3, 0.4) is 0 Å². The number of esters is 2. The molecule has 0 bridgehead atoms. The number of carbonyl (C=O) groups excluding carboxylic acids is 2. The SMILES string of the molecule is CC1CCC(c2cc(Cl)cc(Cl)c2)CC1.CC1CCC(c2cc(Cl)cc(Cl)c2)CC1.CCOC(=O)c1n[nH]nc1CSC1CCC(c2cc(Cl)cc(Cl)c2)CC1.CCOC(=O)c1nnn(Cc2ccc(OC)cc2)c1CSC1CCC(c2cc(Cl)cc(Cl)c2)CC1.O=C(O)c1n[nH]nc1CSC1CCC(c2cc(Cl)cc(Cl)c2)CC1.OC1CCC(c2cc(Cl)cc(Cl)c2)CC1.SC1CCC(c2cc(Cl)cc(Cl)c2)CC1. The average Bonchev–Trinajstić information content (AvgIpc) is 1.62. The van der Waals surface area contributed by atoms with E-state index in [-0.39, 0.29) is 11.8 Å². The van der Waals surface area contributed by atoms with Gasteiger partial charge in [-0.25, -0.2) is 19.1 Å². The van der Waals surface area contributed by atoms with Crippen molar-refractivity contribution in [3.05, 3.63) is 301 Å². The summed E-state index contributed by atoms with van der Waals surface area (Å²) in [6.07, 6.45) is 32.0. The lowest BCUT2D eigenvalue weighted by Gasteiger charge is -2.28. The molecule has 7 aliphatic rings. The van der Waals surface area contributed by atoms with E-state index in [0.29, 0.717) is 162 Å². The van der Waals surface area contributed by atoms with Crippen molar-refractivity contribution in [1.82, 2.24) is 45.8 Å². The minimum absolute atomic E-state index is 0.0183. The molecule has 782 valence electrons. The van der Waals surface area contributed by atoms with Crippen molar-refractivity contribution in [1.29, 1.82) is 0 Å². The molecule has 3 aromatic heterocycles. The van der Waals surface area contributed by atoms with Crippen molar-refractivity contribution < 1.29 is 38.8 Å². The summed E-state index contributed by atoms with van der Waals surface area (Å²) in [6, 6.07) is 48.7. The Labute approximate surface area is 942 Å². The maximum absolute atomic E-state index is 12.5. The number of carboxylic acid groups (broad SMARTS) is 1. The van der Waals surface area contributed by atoms with Crippen LogP contribution < -0.4 is 4.74 Å². The van der Waals surface area contributed by atoms with Gasteiger partial charge in [0.15, 0.2) is 17.1 Å². The lowest BCUT2D eigenvalue weighted by atomic mass is 9.79. The quantitative estimate of drug-likeness (QED) is 0.0279. The zero-order chi connectivity index (χ0) is 104. The fourth-order valence-corrected chi connectivity index (χ4v) is 27.8. The lowest BCUT2D eigenvalue weighted by molar-refractivity contribution is 0.0508. The third-order valence-corrected chi connectivity index (χ3v) is 35.7. The molecule has 11 aromatic rings. The standard InChI is InChI=1S/C26H29Cl2N3O3S.C18H21Cl2N3O2S.C16H17Cl2N3O2S.2C13H16Cl2.C12H14Cl2O.C12H14Cl2S/c1-3-34-26(32)25-24(31(30-29-25)15-17-4-8-22(33-2)9-5-17)16-35-23-10-6-18(7-11-23)19-12-20(27)14-21(28)13-19;1-2-25-18(24)17-16(21-23-22-17)10-26-15-5-3-11(4-6-15)12-7-13(19)9-14(20)8-12;17-11-5-10(6-12(18)7-11)9-1-3-13(4-2-9)24-8-14-15(16(22)23)20-21-19-14;2*1-9-2-4-10(5-3-9)11-6-12(14)8-13(15)7-11;2*13-10-5-9(6-11(14)7-10)8-1-3-12(15)4-2-8/h4-5,8-9,12-14,18,23H,3,6-7,10-11,15-16H2,1-2H3;7-9,11,15H,2-6,10H2,1H3,(H,21,22,23);5-7,9,13H,1-4,8H2,(H,22,23)(H,19,20,21);2*6-10H,2-5H2,1H3;2*5-8,12,15H,1-4H2. The molecule has 4 N–H and O–H groups in total. The van der Waals surface area contributed by atoms with Crippen molar-refractivity contribution in [3.8, 4) is 5.75 Å². The van der Waals surface area contributed by atoms with Crippen LogP contribution in [-0.2, 0) is 33.3 Å². The molecule has 18 rings (SSSR count). The van der Waals surface area contributed by atoms with Crippen LogP contribution in [0.2, 0.25) is 70.3 Å². The second-order valence-corrected chi connectivity index (χ2v) is 49.3. The fraction of sp³-hybridized carbons (Fsp3) is 0.482. The molecule has 0 radical (unpaired) electrons. The summed E-state index contributed by atoms with van der Waals surface area (Å²) in [4.78, 5) is 35.4. The maximum atomic E-state index is 12.5. The zero-order valence-electron chi connectivity index (χ0n) is 82.0. The molecule has 0 aliphatic heterocycles. The van der Waals surface area contributed by atoms with Gasteiger partial charge in [0.1, 0.15) is 17.1 Å². The Kier molecular flexibility index (Phi) is 49.4. The van der Waals surface area contributed by atoms with Crippen molar-refractivity contribution in [2.75, 3.05) is 20.3 Å². The van der Waals surface area contributed by atoms with Gasteiger partial charge in [-0.1, -0.05) is 219 Å². The molecule has 0 unspecified atom stereocenters. The summed E-state index contributed by atoms with van der Waals surface area (Å²) < 4.78 is 17.3. The van der Waals surface area contributed by atoms with E-state index < -0.39 is 17.9 Å². The van der Waals surface area contributed by atoms with Crippen LogP contribution in [0, 0.1) is 11.8 Å². The largest absolute Gasteiger partial charge is 0.497 e. The number of nitrogens with one attached hydrogen (secondary N) is 2. The first kappa shape index (κ1) is 118. The number of hydrogen-bond acceptors (Lipinski definition) is 17. The number of hydrogen-bond donors (Lipinski definition) is 5. The Balaban J connectivity index is 0.000000155. The predicted molar refractivity (Wildman–Crippen MR) is 610 cm³/mol. The van der Waals surface area contributed by atoms with Gasteiger partial charge in [0.2, 0.25) is 0 Å². The molecule has 0 amide bonds.